The minimum Gasteiger partial charge on any atom is -0.384 e. The lowest BCUT2D eigenvalue weighted by Crippen LogP contribution is -2.31. The SMILES string of the molecule is Nc1cc(C(=O)NCC2CCSCC2)ccn1. The van der Waals surface area contributed by atoms with E-state index in [1.54, 1.807) is 18.3 Å². The zero-order chi connectivity index (χ0) is 12.1. The Bertz CT molecular complexity index is 391. The highest BCUT2D eigenvalue weighted by Crippen LogP contribution is 2.21. The topological polar surface area (TPSA) is 68.0 Å². The lowest BCUT2D eigenvalue weighted by molar-refractivity contribution is 0.0946. The van der Waals surface area contributed by atoms with Crippen molar-refractivity contribution in [2.45, 2.75) is 12.8 Å². The largest absolute Gasteiger partial charge is 0.384 e. The molecule has 0 aliphatic carbocycles. The van der Waals surface area contributed by atoms with Crippen molar-refractivity contribution >= 4 is 23.5 Å². The molecule has 0 bridgehead atoms. The maximum absolute atomic E-state index is 11.8. The molecule has 0 atom stereocenters. The van der Waals surface area contributed by atoms with Crippen molar-refractivity contribution in [1.82, 2.24) is 10.3 Å². The van der Waals surface area contributed by atoms with Gasteiger partial charge in [-0.1, -0.05) is 0 Å². The summed E-state index contributed by atoms with van der Waals surface area (Å²) in [4.78, 5) is 15.7. The standard InChI is InChI=1S/C12H17N3OS/c13-11-7-10(1-4-14-11)12(16)15-8-9-2-5-17-6-3-9/h1,4,7,9H,2-3,5-6,8H2,(H2,13,14)(H,15,16). The zero-order valence-electron chi connectivity index (χ0n) is 9.69. The second kappa shape index (κ2) is 5.91. The summed E-state index contributed by atoms with van der Waals surface area (Å²) >= 11 is 1.99. The van der Waals surface area contributed by atoms with Gasteiger partial charge in [0, 0.05) is 18.3 Å². The first-order valence-corrected chi connectivity index (χ1v) is 6.98. The Balaban J connectivity index is 1.84. The normalized spacial score (nSPS) is 16.7. The predicted octanol–water partition coefficient (Wildman–Crippen LogP) is 1.54. The van der Waals surface area contributed by atoms with E-state index in [9.17, 15) is 4.79 Å². The highest BCUT2D eigenvalue weighted by atomic mass is 32.2. The maximum atomic E-state index is 11.8. The molecule has 0 aromatic carbocycles. The van der Waals surface area contributed by atoms with E-state index < -0.39 is 0 Å². The van der Waals surface area contributed by atoms with Gasteiger partial charge in [0.05, 0.1) is 0 Å². The molecular weight excluding hydrogens is 234 g/mol. The Kier molecular flexibility index (Phi) is 4.25. The number of nitrogens with two attached hydrogens (primary N) is 1. The molecular formula is C12H17N3OS. The number of anilines is 1. The van der Waals surface area contributed by atoms with E-state index in [-0.39, 0.29) is 5.91 Å². The van der Waals surface area contributed by atoms with E-state index in [2.05, 4.69) is 10.3 Å². The number of hydrogen-bond acceptors (Lipinski definition) is 4. The van der Waals surface area contributed by atoms with Crippen molar-refractivity contribution in [3.8, 4) is 0 Å². The molecule has 4 nitrogen and oxygen atoms in total. The fraction of sp³-hybridized carbons (Fsp3) is 0.500. The van der Waals surface area contributed by atoms with Crippen LogP contribution in [0.2, 0.25) is 0 Å². The van der Waals surface area contributed by atoms with Crippen LogP contribution in [0, 0.1) is 5.92 Å². The van der Waals surface area contributed by atoms with Gasteiger partial charge in [-0.15, -0.1) is 0 Å². The summed E-state index contributed by atoms with van der Waals surface area (Å²) < 4.78 is 0. The van der Waals surface area contributed by atoms with Gasteiger partial charge >= 0.3 is 0 Å². The Morgan fingerprint density at radius 2 is 2.29 bits per heavy atom. The van der Waals surface area contributed by atoms with Gasteiger partial charge < -0.3 is 11.1 Å². The van der Waals surface area contributed by atoms with Crippen LogP contribution in [0.25, 0.3) is 0 Å². The third-order valence-electron chi connectivity index (χ3n) is 2.94. The zero-order valence-corrected chi connectivity index (χ0v) is 10.5. The number of pyridine rings is 1. The lowest BCUT2D eigenvalue weighted by Gasteiger charge is -2.21. The average molecular weight is 251 g/mol. The molecule has 1 saturated heterocycles. The number of aromatic nitrogens is 1. The molecule has 3 N–H and O–H groups in total. The van der Waals surface area contributed by atoms with E-state index in [0.717, 1.165) is 6.54 Å². The van der Waals surface area contributed by atoms with Crippen LogP contribution in [0.3, 0.4) is 0 Å². The number of thioether (sulfide) groups is 1. The van der Waals surface area contributed by atoms with Gasteiger partial charge in [0.1, 0.15) is 5.82 Å². The van der Waals surface area contributed by atoms with E-state index in [1.807, 2.05) is 11.8 Å². The molecule has 1 aliphatic rings. The Morgan fingerprint density at radius 1 is 1.53 bits per heavy atom. The number of nitrogens with one attached hydrogen (secondary N) is 1. The molecule has 17 heavy (non-hydrogen) atoms. The quantitative estimate of drug-likeness (QED) is 0.855. The van der Waals surface area contributed by atoms with Crippen LogP contribution in [0.4, 0.5) is 5.82 Å². The first-order valence-electron chi connectivity index (χ1n) is 5.83. The van der Waals surface area contributed by atoms with E-state index >= 15 is 0 Å². The molecule has 1 aromatic rings. The Hall–Kier alpha value is -1.23. The molecule has 0 saturated carbocycles. The first-order chi connectivity index (χ1) is 8.25. The summed E-state index contributed by atoms with van der Waals surface area (Å²) in [6.45, 7) is 0.765. The number of hydrogen-bond donors (Lipinski definition) is 2. The summed E-state index contributed by atoms with van der Waals surface area (Å²) in [7, 11) is 0. The molecule has 1 aliphatic heterocycles. The summed E-state index contributed by atoms with van der Waals surface area (Å²) in [6, 6.07) is 3.29. The number of amides is 1. The van der Waals surface area contributed by atoms with Gasteiger partial charge in [-0.05, 0) is 42.4 Å². The van der Waals surface area contributed by atoms with Crippen molar-refractivity contribution in [2.75, 3.05) is 23.8 Å². The van der Waals surface area contributed by atoms with Crippen LogP contribution in [0.15, 0.2) is 18.3 Å². The first kappa shape index (κ1) is 12.2. The van der Waals surface area contributed by atoms with Gasteiger partial charge in [0.15, 0.2) is 0 Å². The van der Waals surface area contributed by atoms with Crippen LogP contribution in [-0.2, 0) is 0 Å². The van der Waals surface area contributed by atoms with Crippen molar-refractivity contribution in [1.29, 1.82) is 0 Å². The minimum absolute atomic E-state index is 0.0580. The predicted molar refractivity (Wildman–Crippen MR) is 71.0 cm³/mol. The van der Waals surface area contributed by atoms with Crippen LogP contribution < -0.4 is 11.1 Å². The van der Waals surface area contributed by atoms with Gasteiger partial charge in [0.2, 0.25) is 0 Å². The molecule has 1 aromatic heterocycles. The van der Waals surface area contributed by atoms with Gasteiger partial charge in [-0.25, -0.2) is 4.98 Å². The van der Waals surface area contributed by atoms with Crippen LogP contribution >= 0.6 is 11.8 Å². The van der Waals surface area contributed by atoms with E-state index in [4.69, 9.17) is 5.73 Å². The second-order valence-corrected chi connectivity index (χ2v) is 5.46. The number of rotatable bonds is 3. The molecule has 1 amide bonds. The summed E-state index contributed by atoms with van der Waals surface area (Å²) in [5, 5.41) is 2.96. The molecule has 2 rings (SSSR count). The average Bonchev–Trinajstić information content (AvgIpc) is 2.37. The highest BCUT2D eigenvalue weighted by Gasteiger charge is 2.15. The van der Waals surface area contributed by atoms with Crippen molar-refractivity contribution in [3.05, 3.63) is 23.9 Å². The summed E-state index contributed by atoms with van der Waals surface area (Å²) in [5.74, 6) is 3.37. The third kappa shape index (κ3) is 3.63. The third-order valence-corrected chi connectivity index (χ3v) is 3.98. The molecule has 0 radical (unpaired) electrons. The fourth-order valence-corrected chi connectivity index (χ4v) is 3.08. The number of nitrogens with zero attached hydrogens (tertiary/aromatic N) is 1. The smallest absolute Gasteiger partial charge is 0.251 e. The van der Waals surface area contributed by atoms with Gasteiger partial charge in [0.25, 0.3) is 5.91 Å². The molecule has 0 unspecified atom stereocenters. The van der Waals surface area contributed by atoms with Crippen LogP contribution in [-0.4, -0.2) is 28.9 Å². The molecule has 5 heteroatoms. The summed E-state index contributed by atoms with van der Waals surface area (Å²) in [5.41, 5.74) is 6.13. The Morgan fingerprint density at radius 3 is 3.00 bits per heavy atom. The monoisotopic (exact) mass is 251 g/mol. The van der Waals surface area contributed by atoms with Crippen molar-refractivity contribution in [2.24, 2.45) is 5.92 Å². The second-order valence-electron chi connectivity index (χ2n) is 4.24. The van der Waals surface area contributed by atoms with E-state index in [1.165, 1.54) is 24.3 Å². The highest BCUT2D eigenvalue weighted by molar-refractivity contribution is 7.99. The molecule has 0 spiro atoms. The Labute approximate surface area is 105 Å². The minimum atomic E-state index is -0.0580. The number of nitrogen functional groups attached to an aromatic ring is 1. The lowest BCUT2D eigenvalue weighted by atomic mass is 10.0. The van der Waals surface area contributed by atoms with Crippen LogP contribution in [0.1, 0.15) is 23.2 Å². The van der Waals surface area contributed by atoms with E-state index in [0.29, 0.717) is 17.3 Å². The van der Waals surface area contributed by atoms with Crippen molar-refractivity contribution in [3.63, 3.8) is 0 Å². The van der Waals surface area contributed by atoms with Crippen LogP contribution in [0.5, 0.6) is 0 Å². The number of carbonyl (C=O) groups excluding carboxylic acids is 1. The maximum Gasteiger partial charge on any atom is 0.251 e. The molecule has 92 valence electrons. The fourth-order valence-electron chi connectivity index (χ4n) is 1.88. The summed E-state index contributed by atoms with van der Waals surface area (Å²) in [6.07, 6.45) is 3.95. The molecule has 2 heterocycles. The molecule has 1 fully saturated rings. The van der Waals surface area contributed by atoms with Gasteiger partial charge in [-0.3, -0.25) is 4.79 Å². The van der Waals surface area contributed by atoms with Crippen molar-refractivity contribution < 1.29 is 4.79 Å². The number of carbonyl (C=O) groups is 1. The van der Waals surface area contributed by atoms with Gasteiger partial charge in [-0.2, -0.15) is 11.8 Å².